The fourth-order valence-corrected chi connectivity index (χ4v) is 2.06. The molecule has 0 radical (unpaired) electrons. The number of aryl methyl sites for hydroxylation is 2. The van der Waals surface area contributed by atoms with Crippen LogP contribution in [0.25, 0.3) is 0 Å². The second-order valence-corrected chi connectivity index (χ2v) is 4.81. The third-order valence-corrected chi connectivity index (χ3v) is 3.35. The summed E-state index contributed by atoms with van der Waals surface area (Å²) in [6, 6.07) is 5.60. The van der Waals surface area contributed by atoms with Gasteiger partial charge in [0.1, 0.15) is 0 Å². The first-order valence-corrected chi connectivity index (χ1v) is 6.21. The normalized spacial score (nSPS) is 19.2. The van der Waals surface area contributed by atoms with E-state index in [4.69, 9.17) is 0 Å². The van der Waals surface area contributed by atoms with E-state index in [9.17, 15) is 9.59 Å². The summed E-state index contributed by atoms with van der Waals surface area (Å²) in [4.78, 5) is 23.3. The molecule has 0 bridgehead atoms. The van der Waals surface area contributed by atoms with Crippen LogP contribution in [0, 0.1) is 13.8 Å². The molecule has 1 heterocycles. The van der Waals surface area contributed by atoms with E-state index in [-0.39, 0.29) is 17.9 Å². The maximum Gasteiger partial charge on any atom is 0.251 e. The van der Waals surface area contributed by atoms with Gasteiger partial charge in [0.2, 0.25) is 5.91 Å². The zero-order valence-corrected chi connectivity index (χ0v) is 10.7. The molecule has 1 atom stereocenters. The Morgan fingerprint density at radius 1 is 1.33 bits per heavy atom. The molecule has 1 fully saturated rings. The Labute approximate surface area is 107 Å². The fraction of sp³-hybridized carbons (Fsp3) is 0.429. The molecule has 0 aromatic heterocycles. The first-order valence-electron chi connectivity index (χ1n) is 6.21. The number of rotatable bonds is 2. The number of benzene rings is 1. The van der Waals surface area contributed by atoms with E-state index in [1.165, 1.54) is 5.56 Å². The standard InChI is InChI=1S/C14H18N2O2/c1-9-3-4-11(7-10(9)2)14(18)16-12-5-6-15-13(17)8-12/h3-4,7,12H,5-6,8H2,1-2H3,(H,15,17)(H,16,18). The van der Waals surface area contributed by atoms with Crippen molar-refractivity contribution < 1.29 is 9.59 Å². The lowest BCUT2D eigenvalue weighted by Gasteiger charge is -2.23. The predicted molar refractivity (Wildman–Crippen MR) is 69.4 cm³/mol. The minimum Gasteiger partial charge on any atom is -0.356 e. The Bertz CT molecular complexity index is 483. The third kappa shape index (κ3) is 2.88. The molecular formula is C14H18N2O2. The van der Waals surface area contributed by atoms with Crippen molar-refractivity contribution in [1.29, 1.82) is 0 Å². The van der Waals surface area contributed by atoms with Crippen LogP contribution in [0.4, 0.5) is 0 Å². The van der Waals surface area contributed by atoms with Crippen molar-refractivity contribution in [3.8, 4) is 0 Å². The van der Waals surface area contributed by atoms with Crippen LogP contribution in [0.5, 0.6) is 0 Å². The number of nitrogens with one attached hydrogen (secondary N) is 2. The predicted octanol–water partition coefficient (Wildman–Crippen LogP) is 1.31. The molecule has 4 nitrogen and oxygen atoms in total. The van der Waals surface area contributed by atoms with Gasteiger partial charge in [0.25, 0.3) is 5.91 Å². The van der Waals surface area contributed by atoms with Crippen molar-refractivity contribution in [2.45, 2.75) is 32.7 Å². The average Bonchev–Trinajstić information content (AvgIpc) is 2.32. The Hall–Kier alpha value is -1.84. The van der Waals surface area contributed by atoms with Gasteiger partial charge < -0.3 is 10.6 Å². The highest BCUT2D eigenvalue weighted by molar-refractivity contribution is 5.95. The summed E-state index contributed by atoms with van der Waals surface area (Å²) in [5, 5.41) is 5.66. The number of carbonyl (C=O) groups is 2. The first-order chi connectivity index (χ1) is 8.56. The molecule has 1 aromatic rings. The molecule has 1 aliphatic rings. The van der Waals surface area contributed by atoms with Crippen molar-refractivity contribution in [3.05, 3.63) is 34.9 Å². The van der Waals surface area contributed by atoms with Crippen LogP contribution in [0.15, 0.2) is 18.2 Å². The maximum atomic E-state index is 12.0. The van der Waals surface area contributed by atoms with Gasteiger partial charge in [-0.3, -0.25) is 9.59 Å². The van der Waals surface area contributed by atoms with Crippen molar-refractivity contribution >= 4 is 11.8 Å². The molecule has 1 saturated heterocycles. The van der Waals surface area contributed by atoms with E-state index in [1.807, 2.05) is 32.0 Å². The van der Waals surface area contributed by atoms with Crippen molar-refractivity contribution in [1.82, 2.24) is 10.6 Å². The zero-order valence-electron chi connectivity index (χ0n) is 10.7. The van der Waals surface area contributed by atoms with Crippen molar-refractivity contribution in [2.24, 2.45) is 0 Å². The molecule has 2 amide bonds. The Kier molecular flexibility index (Phi) is 3.65. The average molecular weight is 246 g/mol. The highest BCUT2D eigenvalue weighted by atomic mass is 16.2. The highest BCUT2D eigenvalue weighted by Crippen LogP contribution is 2.11. The fourth-order valence-electron chi connectivity index (χ4n) is 2.06. The summed E-state index contributed by atoms with van der Waals surface area (Å²) in [6.07, 6.45) is 1.17. The third-order valence-electron chi connectivity index (χ3n) is 3.35. The van der Waals surface area contributed by atoms with Crippen molar-refractivity contribution in [3.63, 3.8) is 0 Å². The monoisotopic (exact) mass is 246 g/mol. The lowest BCUT2D eigenvalue weighted by Crippen LogP contribution is -2.45. The van der Waals surface area contributed by atoms with Crippen LogP contribution in [-0.2, 0) is 4.79 Å². The molecule has 0 aliphatic carbocycles. The molecule has 1 aromatic carbocycles. The number of hydrogen-bond acceptors (Lipinski definition) is 2. The highest BCUT2D eigenvalue weighted by Gasteiger charge is 2.21. The van der Waals surface area contributed by atoms with Crippen LogP contribution in [0.1, 0.15) is 34.3 Å². The van der Waals surface area contributed by atoms with Crippen LogP contribution >= 0.6 is 0 Å². The minimum atomic E-state index is -0.0993. The number of carbonyl (C=O) groups excluding carboxylic acids is 2. The Balaban J connectivity index is 2.02. The number of amides is 2. The van der Waals surface area contributed by atoms with Gasteiger partial charge in [0, 0.05) is 24.6 Å². The summed E-state index contributed by atoms with van der Waals surface area (Å²) in [7, 11) is 0. The molecule has 4 heteroatoms. The summed E-state index contributed by atoms with van der Waals surface area (Å²) in [5.74, 6) is -0.0931. The Morgan fingerprint density at radius 2 is 2.11 bits per heavy atom. The Morgan fingerprint density at radius 3 is 2.78 bits per heavy atom. The lowest BCUT2D eigenvalue weighted by molar-refractivity contribution is -0.122. The largest absolute Gasteiger partial charge is 0.356 e. The zero-order chi connectivity index (χ0) is 13.1. The smallest absolute Gasteiger partial charge is 0.251 e. The molecule has 2 N–H and O–H groups in total. The van der Waals surface area contributed by atoms with Crippen LogP contribution in [0.2, 0.25) is 0 Å². The second-order valence-electron chi connectivity index (χ2n) is 4.81. The van der Waals surface area contributed by atoms with E-state index in [2.05, 4.69) is 10.6 Å². The van der Waals surface area contributed by atoms with Gasteiger partial charge >= 0.3 is 0 Å². The van der Waals surface area contributed by atoms with Crippen LogP contribution in [0.3, 0.4) is 0 Å². The molecular weight excluding hydrogens is 228 g/mol. The van der Waals surface area contributed by atoms with Crippen LogP contribution < -0.4 is 10.6 Å². The van der Waals surface area contributed by atoms with E-state index in [0.717, 1.165) is 12.0 Å². The summed E-state index contributed by atoms with van der Waals surface area (Å²) in [6.45, 7) is 4.64. The van der Waals surface area contributed by atoms with Crippen LogP contribution in [-0.4, -0.2) is 24.4 Å². The van der Waals surface area contributed by atoms with Gasteiger partial charge in [-0.15, -0.1) is 0 Å². The van der Waals surface area contributed by atoms with Gasteiger partial charge in [-0.05, 0) is 43.5 Å². The SMILES string of the molecule is Cc1ccc(C(=O)NC2CCNC(=O)C2)cc1C. The molecule has 0 saturated carbocycles. The molecule has 96 valence electrons. The van der Waals surface area contributed by atoms with E-state index < -0.39 is 0 Å². The van der Waals surface area contributed by atoms with Gasteiger partial charge in [0.15, 0.2) is 0 Å². The van der Waals surface area contributed by atoms with Gasteiger partial charge in [-0.1, -0.05) is 6.07 Å². The summed E-state index contributed by atoms with van der Waals surface area (Å²) >= 11 is 0. The molecule has 1 aliphatic heterocycles. The molecule has 2 rings (SSSR count). The topological polar surface area (TPSA) is 58.2 Å². The summed E-state index contributed by atoms with van der Waals surface area (Å²) < 4.78 is 0. The number of hydrogen-bond donors (Lipinski definition) is 2. The van der Waals surface area contributed by atoms with Crippen molar-refractivity contribution in [2.75, 3.05) is 6.54 Å². The van der Waals surface area contributed by atoms with E-state index >= 15 is 0 Å². The first kappa shape index (κ1) is 12.6. The van der Waals surface area contributed by atoms with E-state index in [1.54, 1.807) is 0 Å². The molecule has 0 spiro atoms. The molecule has 18 heavy (non-hydrogen) atoms. The summed E-state index contributed by atoms with van der Waals surface area (Å²) in [5.41, 5.74) is 2.93. The minimum absolute atomic E-state index is 0.00615. The van der Waals surface area contributed by atoms with E-state index in [0.29, 0.717) is 18.5 Å². The van der Waals surface area contributed by atoms with Gasteiger partial charge in [-0.25, -0.2) is 0 Å². The maximum absolute atomic E-state index is 12.0. The van der Waals surface area contributed by atoms with Gasteiger partial charge in [-0.2, -0.15) is 0 Å². The van der Waals surface area contributed by atoms with Gasteiger partial charge in [0.05, 0.1) is 0 Å². The number of piperidine rings is 1. The lowest BCUT2D eigenvalue weighted by atomic mass is 10.0. The quantitative estimate of drug-likeness (QED) is 0.826. The second kappa shape index (κ2) is 5.21. The molecule has 1 unspecified atom stereocenters.